The lowest BCUT2D eigenvalue weighted by atomic mass is 10.1. The number of hydrogen-bond donors (Lipinski definition) is 1. The van der Waals surface area contributed by atoms with Gasteiger partial charge in [0, 0.05) is 24.2 Å². The Bertz CT molecular complexity index is 857. The molecular formula is C19H21ClN4. The van der Waals surface area contributed by atoms with Gasteiger partial charge in [0.2, 0.25) is 5.95 Å². The van der Waals surface area contributed by atoms with E-state index in [4.69, 9.17) is 22.3 Å². The second kappa shape index (κ2) is 6.46. The summed E-state index contributed by atoms with van der Waals surface area (Å²) in [6, 6.07) is 16.5. The van der Waals surface area contributed by atoms with Crippen LogP contribution in [0.1, 0.15) is 18.4 Å². The third kappa shape index (κ3) is 2.99. The van der Waals surface area contributed by atoms with Gasteiger partial charge in [-0.1, -0.05) is 35.9 Å². The number of piperidine rings is 1. The van der Waals surface area contributed by atoms with E-state index in [9.17, 15) is 0 Å². The number of rotatable bonds is 3. The fourth-order valence-corrected chi connectivity index (χ4v) is 3.68. The molecule has 4 rings (SSSR count). The van der Waals surface area contributed by atoms with E-state index in [1.54, 1.807) is 0 Å². The molecule has 1 atom stereocenters. The molecule has 1 aliphatic rings. The summed E-state index contributed by atoms with van der Waals surface area (Å²) in [6.45, 7) is 2.62. The smallest absolute Gasteiger partial charge is 0.206 e. The number of aromatic nitrogens is 2. The minimum atomic E-state index is 0.221. The first kappa shape index (κ1) is 15.5. The summed E-state index contributed by atoms with van der Waals surface area (Å²) in [5.41, 5.74) is 9.52. The molecule has 5 heteroatoms. The van der Waals surface area contributed by atoms with E-state index >= 15 is 0 Å². The zero-order valence-electron chi connectivity index (χ0n) is 13.5. The fourth-order valence-electron chi connectivity index (χ4n) is 3.47. The lowest BCUT2D eigenvalue weighted by molar-refractivity contribution is 0.495. The number of benzene rings is 2. The predicted molar refractivity (Wildman–Crippen MR) is 99.7 cm³/mol. The first-order valence-electron chi connectivity index (χ1n) is 8.41. The van der Waals surface area contributed by atoms with Crippen LogP contribution in [0.25, 0.3) is 11.0 Å². The molecule has 3 aromatic rings. The Balaban J connectivity index is 1.78. The van der Waals surface area contributed by atoms with Crippen molar-refractivity contribution in [2.24, 2.45) is 5.73 Å². The Labute approximate surface area is 146 Å². The van der Waals surface area contributed by atoms with Gasteiger partial charge in [-0.2, -0.15) is 0 Å². The molecule has 0 saturated carbocycles. The largest absolute Gasteiger partial charge is 0.341 e. The van der Waals surface area contributed by atoms with Crippen molar-refractivity contribution in [1.29, 1.82) is 0 Å². The van der Waals surface area contributed by atoms with Crippen LogP contribution >= 0.6 is 11.6 Å². The molecule has 1 fully saturated rings. The minimum Gasteiger partial charge on any atom is -0.341 e. The molecule has 1 saturated heterocycles. The van der Waals surface area contributed by atoms with E-state index in [0.717, 1.165) is 54.5 Å². The SMILES string of the molecule is N[C@@H]1CCCN(c2nc3ccccc3n2Cc2cccc(Cl)c2)C1. The number of nitrogens with two attached hydrogens (primary N) is 1. The van der Waals surface area contributed by atoms with Gasteiger partial charge < -0.3 is 15.2 Å². The number of halogens is 1. The van der Waals surface area contributed by atoms with Crippen LogP contribution in [-0.2, 0) is 6.54 Å². The van der Waals surface area contributed by atoms with Crippen LogP contribution in [0.4, 0.5) is 5.95 Å². The van der Waals surface area contributed by atoms with Crippen LogP contribution in [0.2, 0.25) is 5.02 Å². The van der Waals surface area contributed by atoms with Crippen molar-refractivity contribution in [3.63, 3.8) is 0 Å². The van der Waals surface area contributed by atoms with Crippen molar-refractivity contribution in [3.8, 4) is 0 Å². The van der Waals surface area contributed by atoms with Crippen LogP contribution in [0.15, 0.2) is 48.5 Å². The molecule has 2 aromatic carbocycles. The zero-order valence-corrected chi connectivity index (χ0v) is 14.3. The number of para-hydroxylation sites is 2. The van der Waals surface area contributed by atoms with Gasteiger partial charge in [-0.25, -0.2) is 4.98 Å². The molecule has 2 N–H and O–H groups in total. The maximum atomic E-state index is 6.18. The molecule has 0 bridgehead atoms. The summed E-state index contributed by atoms with van der Waals surface area (Å²) < 4.78 is 2.28. The van der Waals surface area contributed by atoms with Crippen LogP contribution in [0, 0.1) is 0 Å². The standard InChI is InChI=1S/C19H21ClN4/c20-15-6-3-5-14(11-15)12-24-18-9-2-1-8-17(18)22-19(24)23-10-4-7-16(21)13-23/h1-3,5-6,8-9,11,16H,4,7,10,12-13,21H2/t16-/m1/s1. The number of fused-ring (bicyclic) bond motifs is 1. The van der Waals surface area contributed by atoms with Gasteiger partial charge in [-0.05, 0) is 42.7 Å². The van der Waals surface area contributed by atoms with Gasteiger partial charge in [0.1, 0.15) is 0 Å². The van der Waals surface area contributed by atoms with Crippen LogP contribution in [-0.4, -0.2) is 28.7 Å². The third-order valence-electron chi connectivity index (χ3n) is 4.60. The van der Waals surface area contributed by atoms with Crippen LogP contribution in [0.5, 0.6) is 0 Å². The second-order valence-corrected chi connectivity index (χ2v) is 6.90. The number of imidazole rings is 1. The Kier molecular flexibility index (Phi) is 4.17. The highest BCUT2D eigenvalue weighted by molar-refractivity contribution is 6.30. The Hall–Kier alpha value is -2.04. The maximum absolute atomic E-state index is 6.18. The molecule has 124 valence electrons. The summed E-state index contributed by atoms with van der Waals surface area (Å²) in [6.07, 6.45) is 2.20. The highest BCUT2D eigenvalue weighted by Gasteiger charge is 2.22. The Morgan fingerprint density at radius 1 is 1.17 bits per heavy atom. The number of anilines is 1. The average molecular weight is 341 g/mol. The molecule has 1 aliphatic heterocycles. The van der Waals surface area contributed by atoms with Gasteiger partial charge in [0.05, 0.1) is 17.6 Å². The molecule has 24 heavy (non-hydrogen) atoms. The minimum absolute atomic E-state index is 0.221. The van der Waals surface area contributed by atoms with Gasteiger partial charge in [-0.15, -0.1) is 0 Å². The van der Waals surface area contributed by atoms with Crippen molar-refractivity contribution in [3.05, 3.63) is 59.1 Å². The zero-order chi connectivity index (χ0) is 16.5. The molecule has 2 heterocycles. The summed E-state index contributed by atoms with van der Waals surface area (Å²) >= 11 is 6.16. The second-order valence-electron chi connectivity index (χ2n) is 6.46. The Morgan fingerprint density at radius 2 is 2.04 bits per heavy atom. The maximum Gasteiger partial charge on any atom is 0.206 e. The molecule has 0 amide bonds. The van der Waals surface area contributed by atoms with Crippen molar-refractivity contribution >= 4 is 28.6 Å². The molecular weight excluding hydrogens is 320 g/mol. The van der Waals surface area contributed by atoms with E-state index in [1.165, 1.54) is 5.56 Å². The van der Waals surface area contributed by atoms with Gasteiger partial charge >= 0.3 is 0 Å². The quantitative estimate of drug-likeness (QED) is 0.791. The van der Waals surface area contributed by atoms with Crippen LogP contribution < -0.4 is 10.6 Å². The van der Waals surface area contributed by atoms with E-state index in [-0.39, 0.29) is 6.04 Å². The first-order valence-corrected chi connectivity index (χ1v) is 8.79. The van der Waals surface area contributed by atoms with Gasteiger partial charge in [0.15, 0.2) is 0 Å². The van der Waals surface area contributed by atoms with Gasteiger partial charge in [-0.3, -0.25) is 0 Å². The summed E-state index contributed by atoms with van der Waals surface area (Å²) in [7, 11) is 0. The molecule has 0 radical (unpaired) electrons. The molecule has 4 nitrogen and oxygen atoms in total. The first-order chi connectivity index (χ1) is 11.7. The van der Waals surface area contributed by atoms with Crippen LogP contribution in [0.3, 0.4) is 0 Å². The normalized spacial score (nSPS) is 18.2. The van der Waals surface area contributed by atoms with Crippen molar-refractivity contribution in [2.45, 2.75) is 25.4 Å². The Morgan fingerprint density at radius 3 is 2.88 bits per heavy atom. The summed E-state index contributed by atoms with van der Waals surface area (Å²) in [4.78, 5) is 7.21. The summed E-state index contributed by atoms with van der Waals surface area (Å²) in [5, 5.41) is 0.762. The summed E-state index contributed by atoms with van der Waals surface area (Å²) in [5.74, 6) is 1.01. The van der Waals surface area contributed by atoms with Crippen molar-refractivity contribution < 1.29 is 0 Å². The highest BCUT2D eigenvalue weighted by Crippen LogP contribution is 2.26. The van der Waals surface area contributed by atoms with E-state index in [1.807, 2.05) is 24.3 Å². The van der Waals surface area contributed by atoms with Gasteiger partial charge in [0.25, 0.3) is 0 Å². The predicted octanol–water partition coefficient (Wildman–Crippen LogP) is 3.67. The van der Waals surface area contributed by atoms with E-state index < -0.39 is 0 Å². The van der Waals surface area contributed by atoms with Crippen molar-refractivity contribution in [1.82, 2.24) is 9.55 Å². The lowest BCUT2D eigenvalue weighted by Gasteiger charge is -2.32. The topological polar surface area (TPSA) is 47.1 Å². The molecule has 1 aromatic heterocycles. The molecule has 0 aliphatic carbocycles. The average Bonchev–Trinajstić information content (AvgIpc) is 2.94. The fraction of sp³-hybridized carbons (Fsp3) is 0.316. The lowest BCUT2D eigenvalue weighted by Crippen LogP contribution is -2.44. The third-order valence-corrected chi connectivity index (χ3v) is 4.84. The molecule has 0 spiro atoms. The number of hydrogen-bond acceptors (Lipinski definition) is 3. The number of nitrogens with zero attached hydrogens (tertiary/aromatic N) is 3. The van der Waals surface area contributed by atoms with E-state index in [2.05, 4.69) is 33.7 Å². The molecule has 0 unspecified atom stereocenters. The highest BCUT2D eigenvalue weighted by atomic mass is 35.5. The van der Waals surface area contributed by atoms with E-state index in [0.29, 0.717) is 0 Å². The van der Waals surface area contributed by atoms with Crippen molar-refractivity contribution in [2.75, 3.05) is 18.0 Å². The monoisotopic (exact) mass is 340 g/mol.